The highest BCUT2D eigenvalue weighted by Crippen LogP contribution is 2.32. The van der Waals surface area contributed by atoms with Crippen LogP contribution >= 0.6 is 11.8 Å². The molecule has 3 aromatic carbocycles. The van der Waals surface area contributed by atoms with Gasteiger partial charge in [0.1, 0.15) is 5.25 Å². The Hall–Kier alpha value is -3.12. The zero-order valence-electron chi connectivity index (χ0n) is 16.7. The number of carbonyl (C=O) groups is 2. The van der Waals surface area contributed by atoms with Crippen molar-refractivity contribution in [3.05, 3.63) is 72.8 Å². The van der Waals surface area contributed by atoms with Gasteiger partial charge in [-0.3, -0.25) is 14.5 Å². The summed E-state index contributed by atoms with van der Waals surface area (Å²) in [5.41, 5.74) is 1.54. The molecule has 1 heterocycles. The van der Waals surface area contributed by atoms with Crippen LogP contribution in [0.5, 0.6) is 0 Å². The van der Waals surface area contributed by atoms with Gasteiger partial charge in [-0.05, 0) is 41.5 Å². The third-order valence-electron chi connectivity index (χ3n) is 4.85. The Morgan fingerprint density at radius 2 is 1.77 bits per heavy atom. The van der Waals surface area contributed by atoms with E-state index in [0.29, 0.717) is 11.7 Å². The van der Waals surface area contributed by atoms with Gasteiger partial charge < -0.3 is 5.32 Å². The Balaban J connectivity index is 1.47. The minimum atomic E-state index is -0.459. The van der Waals surface area contributed by atoms with E-state index in [1.165, 1.54) is 11.8 Å². The third-order valence-corrected chi connectivity index (χ3v) is 6.03. The van der Waals surface area contributed by atoms with Crippen LogP contribution in [-0.2, 0) is 9.59 Å². The zero-order chi connectivity index (χ0) is 20.9. The van der Waals surface area contributed by atoms with Crippen molar-refractivity contribution in [1.82, 2.24) is 4.90 Å². The quantitative estimate of drug-likeness (QED) is 0.599. The number of hydrogen-bond acceptors (Lipinski definition) is 4. The molecule has 5 nitrogen and oxygen atoms in total. The number of para-hydroxylation sites is 1. The van der Waals surface area contributed by atoms with E-state index in [2.05, 4.69) is 10.3 Å². The van der Waals surface area contributed by atoms with Crippen molar-refractivity contribution < 1.29 is 9.59 Å². The molecule has 1 saturated heterocycles. The fourth-order valence-electron chi connectivity index (χ4n) is 3.41. The second-order valence-corrected chi connectivity index (χ2v) is 8.31. The van der Waals surface area contributed by atoms with Crippen LogP contribution in [0.15, 0.2) is 77.8 Å². The molecule has 6 heteroatoms. The van der Waals surface area contributed by atoms with E-state index in [1.54, 1.807) is 4.90 Å². The topological polar surface area (TPSA) is 61.8 Å². The van der Waals surface area contributed by atoms with Crippen LogP contribution in [0.25, 0.3) is 10.8 Å². The van der Waals surface area contributed by atoms with E-state index in [9.17, 15) is 9.59 Å². The predicted molar refractivity (Wildman–Crippen MR) is 124 cm³/mol. The highest BCUT2D eigenvalue weighted by molar-refractivity contribution is 8.15. The number of nitrogens with zero attached hydrogens (tertiary/aromatic N) is 2. The van der Waals surface area contributed by atoms with Gasteiger partial charge in [-0.1, -0.05) is 67.2 Å². The number of amides is 2. The average Bonchev–Trinajstić information content (AvgIpc) is 3.03. The van der Waals surface area contributed by atoms with Gasteiger partial charge in [-0.25, -0.2) is 4.99 Å². The summed E-state index contributed by atoms with van der Waals surface area (Å²) in [4.78, 5) is 31.9. The molecule has 30 heavy (non-hydrogen) atoms. The summed E-state index contributed by atoms with van der Waals surface area (Å²) < 4.78 is 0. The van der Waals surface area contributed by atoms with Crippen LogP contribution in [0.4, 0.5) is 11.4 Å². The van der Waals surface area contributed by atoms with Gasteiger partial charge in [0.25, 0.3) is 0 Å². The Bertz CT molecular complexity index is 1100. The van der Waals surface area contributed by atoms with Crippen molar-refractivity contribution in [2.24, 2.45) is 4.99 Å². The Kier molecular flexibility index (Phi) is 6.14. The van der Waals surface area contributed by atoms with Gasteiger partial charge in [0.2, 0.25) is 11.8 Å². The number of amidine groups is 1. The monoisotopic (exact) mass is 417 g/mol. The first kappa shape index (κ1) is 20.2. The maximum Gasteiger partial charge on any atom is 0.242 e. The summed E-state index contributed by atoms with van der Waals surface area (Å²) in [5, 5.41) is 5.32. The lowest BCUT2D eigenvalue weighted by molar-refractivity contribution is -0.128. The average molecular weight is 418 g/mol. The standard InChI is InChI=1S/C24H23N3O2S/c1-2-14-27-23(29)21(30-24(27)26-19-10-4-3-5-11-19)16-22(28)25-20-13-12-17-8-6-7-9-18(17)15-20/h3-13,15,21H,2,14,16H2,1H3,(H,25,28)/t21-/m0/s1. The number of carbonyl (C=O) groups excluding carboxylic acids is 2. The van der Waals surface area contributed by atoms with Gasteiger partial charge in [0.15, 0.2) is 5.17 Å². The lowest BCUT2D eigenvalue weighted by Crippen LogP contribution is -2.34. The van der Waals surface area contributed by atoms with Gasteiger partial charge >= 0.3 is 0 Å². The highest BCUT2D eigenvalue weighted by atomic mass is 32.2. The smallest absolute Gasteiger partial charge is 0.242 e. The van der Waals surface area contributed by atoms with E-state index in [1.807, 2.05) is 79.7 Å². The maximum atomic E-state index is 12.9. The van der Waals surface area contributed by atoms with Crippen molar-refractivity contribution in [3.63, 3.8) is 0 Å². The first-order valence-electron chi connectivity index (χ1n) is 10.0. The first-order valence-corrected chi connectivity index (χ1v) is 10.9. The molecule has 1 N–H and O–H groups in total. The molecule has 2 amide bonds. The van der Waals surface area contributed by atoms with Gasteiger partial charge in [0.05, 0.1) is 5.69 Å². The molecule has 1 fully saturated rings. The second-order valence-electron chi connectivity index (χ2n) is 7.14. The molecule has 152 valence electrons. The fraction of sp³-hybridized carbons (Fsp3) is 0.208. The van der Waals surface area contributed by atoms with Crippen molar-refractivity contribution in [3.8, 4) is 0 Å². The zero-order valence-corrected chi connectivity index (χ0v) is 17.6. The molecule has 1 aliphatic heterocycles. The SMILES string of the molecule is CCCN1C(=O)[C@H](CC(=O)Nc2ccc3ccccc3c2)SC1=Nc1ccccc1. The number of hydrogen-bond donors (Lipinski definition) is 1. The lowest BCUT2D eigenvalue weighted by Gasteiger charge is -2.15. The summed E-state index contributed by atoms with van der Waals surface area (Å²) >= 11 is 1.37. The van der Waals surface area contributed by atoms with Gasteiger partial charge in [-0.15, -0.1) is 0 Å². The van der Waals surface area contributed by atoms with E-state index in [0.717, 1.165) is 28.6 Å². The van der Waals surface area contributed by atoms with Gasteiger partial charge in [0, 0.05) is 18.7 Å². The normalized spacial score (nSPS) is 17.6. The summed E-state index contributed by atoms with van der Waals surface area (Å²) in [6.45, 7) is 2.62. The third kappa shape index (κ3) is 4.54. The summed E-state index contributed by atoms with van der Waals surface area (Å²) in [5.74, 6) is -0.223. The maximum absolute atomic E-state index is 12.9. The van der Waals surface area contributed by atoms with Crippen molar-refractivity contribution in [2.75, 3.05) is 11.9 Å². The minimum Gasteiger partial charge on any atom is -0.326 e. The van der Waals surface area contributed by atoms with Crippen LogP contribution in [0.2, 0.25) is 0 Å². The molecule has 0 aromatic heterocycles. The van der Waals surface area contributed by atoms with E-state index in [4.69, 9.17) is 0 Å². The van der Waals surface area contributed by atoms with Crippen molar-refractivity contribution in [2.45, 2.75) is 25.0 Å². The minimum absolute atomic E-state index is 0.0507. The summed E-state index contributed by atoms with van der Waals surface area (Å²) in [6.07, 6.45) is 0.945. The number of rotatable bonds is 6. The molecule has 1 aliphatic rings. The number of anilines is 1. The Morgan fingerprint density at radius 3 is 2.53 bits per heavy atom. The molecule has 1 atom stereocenters. The molecule has 0 spiro atoms. The van der Waals surface area contributed by atoms with Crippen molar-refractivity contribution >= 4 is 50.9 Å². The largest absolute Gasteiger partial charge is 0.326 e. The number of benzene rings is 3. The molecule has 0 bridgehead atoms. The molecular weight excluding hydrogens is 394 g/mol. The molecule has 3 aromatic rings. The number of nitrogens with one attached hydrogen (secondary N) is 1. The van der Waals surface area contributed by atoms with Crippen LogP contribution in [0, 0.1) is 0 Å². The number of aliphatic imine (C=N–C) groups is 1. The van der Waals surface area contributed by atoms with Crippen molar-refractivity contribution in [1.29, 1.82) is 0 Å². The highest BCUT2D eigenvalue weighted by Gasteiger charge is 2.38. The van der Waals surface area contributed by atoms with E-state index >= 15 is 0 Å². The Morgan fingerprint density at radius 1 is 1.03 bits per heavy atom. The molecular formula is C24H23N3O2S. The fourth-order valence-corrected chi connectivity index (χ4v) is 4.60. The molecule has 0 unspecified atom stereocenters. The van der Waals surface area contributed by atoms with Crippen LogP contribution in [-0.4, -0.2) is 33.7 Å². The van der Waals surface area contributed by atoms with Crippen LogP contribution in [0.3, 0.4) is 0 Å². The van der Waals surface area contributed by atoms with Crippen LogP contribution in [0.1, 0.15) is 19.8 Å². The Labute approximate surface area is 180 Å². The molecule has 4 rings (SSSR count). The first-order chi connectivity index (χ1) is 14.6. The summed E-state index contributed by atoms with van der Waals surface area (Å²) in [6, 6.07) is 23.4. The molecule has 0 radical (unpaired) electrons. The molecule has 0 aliphatic carbocycles. The second kappa shape index (κ2) is 9.13. The van der Waals surface area contributed by atoms with Gasteiger partial charge in [-0.2, -0.15) is 0 Å². The molecule has 0 saturated carbocycles. The predicted octanol–water partition coefficient (Wildman–Crippen LogP) is 5.21. The van der Waals surface area contributed by atoms with E-state index < -0.39 is 5.25 Å². The van der Waals surface area contributed by atoms with E-state index in [-0.39, 0.29) is 18.2 Å². The number of fused-ring (bicyclic) bond motifs is 1. The van der Waals surface area contributed by atoms with Crippen LogP contribution < -0.4 is 5.32 Å². The summed E-state index contributed by atoms with van der Waals surface area (Å²) in [7, 11) is 0. The number of thioether (sulfide) groups is 1. The lowest BCUT2D eigenvalue weighted by atomic mass is 10.1.